The van der Waals surface area contributed by atoms with Gasteiger partial charge >= 0.3 is 0 Å². The predicted molar refractivity (Wildman–Crippen MR) is 75.0 cm³/mol. The third-order valence-electron chi connectivity index (χ3n) is 3.40. The first kappa shape index (κ1) is 13.9. The van der Waals surface area contributed by atoms with Crippen LogP contribution in [-0.4, -0.2) is 16.6 Å². The van der Waals surface area contributed by atoms with Crippen LogP contribution in [0.5, 0.6) is 0 Å². The molecule has 2 aromatic carbocycles. The molecule has 3 rings (SSSR count). The Morgan fingerprint density at radius 3 is 2.64 bits per heavy atom. The molecular formula is C15H9FN2O4. The predicted octanol–water partition coefficient (Wildman–Crippen LogP) is 2.46. The van der Waals surface area contributed by atoms with Gasteiger partial charge in [-0.2, -0.15) is 0 Å². The molecule has 22 heavy (non-hydrogen) atoms. The minimum atomic E-state index is -0.771. The van der Waals surface area contributed by atoms with Crippen LogP contribution in [0.15, 0.2) is 42.5 Å². The van der Waals surface area contributed by atoms with Crippen LogP contribution in [0.25, 0.3) is 0 Å². The number of Topliss-reactive ketones (excluding diaryl/α,β-unsaturated/α-hetero) is 1. The Labute approximate surface area is 123 Å². The number of rotatable bonds is 3. The summed E-state index contributed by atoms with van der Waals surface area (Å²) >= 11 is 0. The Balaban J connectivity index is 1.98. The summed E-state index contributed by atoms with van der Waals surface area (Å²) in [6.07, 6.45) is 0. The topological polar surface area (TPSA) is 80.5 Å². The van der Waals surface area contributed by atoms with E-state index in [9.17, 15) is 24.1 Å². The molecule has 0 N–H and O–H groups in total. The minimum Gasteiger partial charge on any atom is -0.300 e. The fourth-order valence-electron chi connectivity index (χ4n) is 2.38. The first-order valence-corrected chi connectivity index (χ1v) is 6.36. The maximum atomic E-state index is 13.4. The van der Waals surface area contributed by atoms with Crippen LogP contribution < -0.4 is 4.90 Å². The average molecular weight is 300 g/mol. The fraction of sp³-hybridized carbons (Fsp3) is 0.0667. The number of hydrogen-bond acceptors (Lipinski definition) is 4. The zero-order valence-electron chi connectivity index (χ0n) is 11.2. The molecule has 0 saturated carbocycles. The van der Waals surface area contributed by atoms with E-state index in [-0.39, 0.29) is 23.5 Å². The molecule has 1 aliphatic rings. The van der Waals surface area contributed by atoms with Crippen molar-refractivity contribution in [3.63, 3.8) is 0 Å². The van der Waals surface area contributed by atoms with Gasteiger partial charge in [-0.05, 0) is 23.8 Å². The lowest BCUT2D eigenvalue weighted by atomic mass is 10.1. The number of fused-ring (bicyclic) bond motifs is 1. The Morgan fingerprint density at radius 1 is 1.14 bits per heavy atom. The quantitative estimate of drug-likeness (QED) is 0.495. The van der Waals surface area contributed by atoms with E-state index in [0.29, 0.717) is 5.56 Å². The van der Waals surface area contributed by atoms with Crippen molar-refractivity contribution in [2.75, 3.05) is 4.90 Å². The van der Waals surface area contributed by atoms with Gasteiger partial charge in [-0.1, -0.05) is 12.1 Å². The molecule has 0 bridgehead atoms. The molecule has 6 nitrogen and oxygen atoms in total. The number of carbonyl (C=O) groups is 2. The molecule has 0 unspecified atom stereocenters. The number of carbonyl (C=O) groups excluding carboxylic acids is 2. The smallest absolute Gasteiger partial charge is 0.299 e. The lowest BCUT2D eigenvalue weighted by molar-refractivity contribution is -0.384. The van der Waals surface area contributed by atoms with E-state index < -0.39 is 22.4 Å². The first-order chi connectivity index (χ1) is 10.5. The summed E-state index contributed by atoms with van der Waals surface area (Å²) in [5.41, 5.74) is 0.681. The number of nitro benzene ring substituents is 1. The Morgan fingerprint density at radius 2 is 1.91 bits per heavy atom. The molecule has 110 valence electrons. The standard InChI is InChI=1S/C15H9FN2O4/c16-10-4-5-12-13(7-10)17(15(20)14(12)19)8-9-2-1-3-11(6-9)18(21)22/h1-7H,8H2. The number of anilines is 1. The van der Waals surface area contributed by atoms with Crippen LogP contribution in [0.1, 0.15) is 15.9 Å². The van der Waals surface area contributed by atoms with Gasteiger partial charge in [0.25, 0.3) is 17.4 Å². The second-order valence-electron chi connectivity index (χ2n) is 4.81. The van der Waals surface area contributed by atoms with Crippen LogP contribution in [-0.2, 0) is 11.3 Å². The number of amides is 1. The van der Waals surface area contributed by atoms with Gasteiger partial charge in [0.15, 0.2) is 0 Å². The highest BCUT2D eigenvalue weighted by molar-refractivity contribution is 6.52. The van der Waals surface area contributed by atoms with E-state index >= 15 is 0 Å². The number of benzene rings is 2. The largest absolute Gasteiger partial charge is 0.300 e. The van der Waals surface area contributed by atoms with E-state index in [1.165, 1.54) is 24.3 Å². The van der Waals surface area contributed by atoms with Crippen molar-refractivity contribution in [1.82, 2.24) is 0 Å². The number of hydrogen-bond donors (Lipinski definition) is 0. The lowest BCUT2D eigenvalue weighted by Gasteiger charge is -2.16. The Hall–Kier alpha value is -3.09. The summed E-state index contributed by atoms with van der Waals surface area (Å²) in [6.45, 7) is -0.0390. The van der Waals surface area contributed by atoms with Crippen LogP contribution >= 0.6 is 0 Å². The van der Waals surface area contributed by atoms with Crippen LogP contribution in [0.3, 0.4) is 0 Å². The Kier molecular flexibility index (Phi) is 3.17. The summed E-state index contributed by atoms with van der Waals surface area (Å²) < 4.78 is 13.4. The van der Waals surface area contributed by atoms with Gasteiger partial charge < -0.3 is 4.90 Å². The SMILES string of the molecule is O=C1C(=O)N(Cc2cccc([N+](=O)[O-])c2)c2cc(F)ccc21. The highest BCUT2D eigenvalue weighted by Gasteiger charge is 2.36. The molecule has 0 fully saturated rings. The number of non-ortho nitro benzene ring substituents is 1. The zero-order valence-corrected chi connectivity index (χ0v) is 11.2. The maximum Gasteiger partial charge on any atom is 0.299 e. The fourth-order valence-corrected chi connectivity index (χ4v) is 2.38. The molecule has 0 aliphatic carbocycles. The molecule has 0 aromatic heterocycles. The van der Waals surface area contributed by atoms with Gasteiger partial charge in [-0.25, -0.2) is 4.39 Å². The molecule has 0 atom stereocenters. The summed E-state index contributed by atoms with van der Waals surface area (Å²) in [5.74, 6) is -2.04. The molecular weight excluding hydrogens is 291 g/mol. The summed E-state index contributed by atoms with van der Waals surface area (Å²) in [6, 6.07) is 9.21. The molecule has 0 saturated heterocycles. The van der Waals surface area contributed by atoms with Gasteiger partial charge in [0, 0.05) is 12.1 Å². The molecule has 1 aliphatic heterocycles. The zero-order chi connectivity index (χ0) is 15.9. The summed E-state index contributed by atoms with van der Waals surface area (Å²) in [5, 5.41) is 10.8. The molecule has 1 heterocycles. The first-order valence-electron chi connectivity index (χ1n) is 6.36. The van der Waals surface area contributed by atoms with Crippen LogP contribution in [0.4, 0.5) is 15.8 Å². The third-order valence-corrected chi connectivity index (χ3v) is 3.40. The van der Waals surface area contributed by atoms with Crippen LogP contribution in [0, 0.1) is 15.9 Å². The van der Waals surface area contributed by atoms with Crippen molar-refractivity contribution in [3.05, 3.63) is 69.5 Å². The number of nitro groups is 1. The minimum absolute atomic E-state index is 0.0390. The number of nitrogens with zero attached hydrogens (tertiary/aromatic N) is 2. The van der Waals surface area contributed by atoms with E-state index in [4.69, 9.17) is 0 Å². The van der Waals surface area contributed by atoms with E-state index in [2.05, 4.69) is 0 Å². The highest BCUT2D eigenvalue weighted by atomic mass is 19.1. The monoisotopic (exact) mass is 300 g/mol. The van der Waals surface area contributed by atoms with Crippen LogP contribution in [0.2, 0.25) is 0 Å². The van der Waals surface area contributed by atoms with Gasteiger partial charge in [0.05, 0.1) is 22.7 Å². The van der Waals surface area contributed by atoms with Gasteiger partial charge in [-0.3, -0.25) is 19.7 Å². The normalized spacial score (nSPS) is 13.4. The van der Waals surface area contributed by atoms with Crippen molar-refractivity contribution in [2.24, 2.45) is 0 Å². The number of ketones is 1. The Bertz CT molecular complexity index is 819. The van der Waals surface area contributed by atoms with Gasteiger partial charge in [-0.15, -0.1) is 0 Å². The van der Waals surface area contributed by atoms with Crippen molar-refractivity contribution in [2.45, 2.75) is 6.54 Å². The molecule has 0 spiro atoms. The van der Waals surface area contributed by atoms with Crippen molar-refractivity contribution >= 4 is 23.1 Å². The molecule has 1 amide bonds. The maximum absolute atomic E-state index is 13.4. The van der Waals surface area contributed by atoms with Crippen molar-refractivity contribution in [1.29, 1.82) is 0 Å². The summed E-state index contributed by atoms with van der Waals surface area (Å²) in [7, 11) is 0. The number of halogens is 1. The van der Waals surface area contributed by atoms with Crippen molar-refractivity contribution < 1.29 is 18.9 Å². The summed E-state index contributed by atoms with van der Waals surface area (Å²) in [4.78, 5) is 35.2. The molecule has 2 aromatic rings. The van der Waals surface area contributed by atoms with E-state index in [1.807, 2.05) is 0 Å². The third kappa shape index (κ3) is 2.22. The molecule has 7 heteroatoms. The second kappa shape index (κ2) is 5.03. The highest BCUT2D eigenvalue weighted by Crippen LogP contribution is 2.31. The van der Waals surface area contributed by atoms with Gasteiger partial charge in [0.2, 0.25) is 0 Å². The van der Waals surface area contributed by atoms with Crippen molar-refractivity contribution in [3.8, 4) is 0 Å². The average Bonchev–Trinajstić information content (AvgIpc) is 2.72. The van der Waals surface area contributed by atoms with E-state index in [1.54, 1.807) is 6.07 Å². The van der Waals surface area contributed by atoms with Gasteiger partial charge in [0.1, 0.15) is 5.82 Å². The van der Waals surface area contributed by atoms with E-state index in [0.717, 1.165) is 17.0 Å². The lowest BCUT2D eigenvalue weighted by Crippen LogP contribution is -2.29. The molecule has 0 radical (unpaired) electrons. The second-order valence-corrected chi connectivity index (χ2v) is 4.81.